The van der Waals surface area contributed by atoms with Crippen molar-refractivity contribution in [2.75, 3.05) is 0 Å². The number of hydrogen-bond donors (Lipinski definition) is 0. The van der Waals surface area contributed by atoms with Crippen molar-refractivity contribution in [3.05, 3.63) is 59.6 Å². The fourth-order valence-electron chi connectivity index (χ4n) is 2.14. The summed E-state index contributed by atoms with van der Waals surface area (Å²) in [5.74, 6) is 1.73. The van der Waals surface area contributed by atoms with Crippen molar-refractivity contribution >= 4 is 24.1 Å². The van der Waals surface area contributed by atoms with Gasteiger partial charge in [-0.1, -0.05) is 49.0 Å². The molecule has 1 aromatic carbocycles. The molecule has 0 radical (unpaired) electrons. The predicted octanol–water partition coefficient (Wildman–Crippen LogP) is 4.77. The zero-order chi connectivity index (χ0) is 17.2. The molecule has 0 unspecified atom stereocenters. The SMILES string of the molecule is C\C=C/C=N\C=C\c1nnc(SCc2ccc(CC)cc2)n1CC. The molecule has 2 rings (SSSR count). The van der Waals surface area contributed by atoms with Crippen LogP contribution in [0.15, 0.2) is 52.8 Å². The lowest BCUT2D eigenvalue weighted by Crippen LogP contribution is -1.99. The summed E-state index contributed by atoms with van der Waals surface area (Å²) < 4.78 is 2.10. The Balaban J connectivity index is 2.02. The molecule has 4 nitrogen and oxygen atoms in total. The minimum atomic E-state index is 0.832. The molecule has 5 heteroatoms. The lowest BCUT2D eigenvalue weighted by atomic mass is 10.1. The Hall–Kier alpha value is -2.14. The molecule has 0 saturated carbocycles. The maximum absolute atomic E-state index is 4.31. The van der Waals surface area contributed by atoms with Gasteiger partial charge in [-0.25, -0.2) is 0 Å². The van der Waals surface area contributed by atoms with Crippen LogP contribution in [0.2, 0.25) is 0 Å². The van der Waals surface area contributed by atoms with E-state index in [4.69, 9.17) is 0 Å². The van der Waals surface area contributed by atoms with Crippen LogP contribution in [0.1, 0.15) is 37.7 Å². The summed E-state index contributed by atoms with van der Waals surface area (Å²) >= 11 is 1.71. The Bertz CT molecular complexity index is 711. The molecule has 0 atom stereocenters. The lowest BCUT2D eigenvalue weighted by molar-refractivity contribution is 0.675. The van der Waals surface area contributed by atoms with E-state index in [1.807, 2.05) is 25.2 Å². The standard InChI is InChI=1S/C19H24N4S/c1-4-7-13-20-14-12-18-21-22-19(23(18)6-3)24-15-17-10-8-16(5-2)9-11-17/h4,7-14H,5-6,15H2,1-3H3/b7-4-,14-12+,20-13-. The van der Waals surface area contributed by atoms with E-state index >= 15 is 0 Å². The number of aromatic nitrogens is 3. The number of hydrogen-bond acceptors (Lipinski definition) is 4. The highest BCUT2D eigenvalue weighted by atomic mass is 32.2. The van der Waals surface area contributed by atoms with Gasteiger partial charge >= 0.3 is 0 Å². The van der Waals surface area contributed by atoms with Gasteiger partial charge in [0.25, 0.3) is 0 Å². The van der Waals surface area contributed by atoms with Gasteiger partial charge in [-0.05, 0) is 37.5 Å². The molecule has 0 N–H and O–H groups in total. The maximum atomic E-state index is 4.31. The van der Waals surface area contributed by atoms with Gasteiger partial charge < -0.3 is 4.57 Å². The Labute approximate surface area is 148 Å². The molecule has 0 spiro atoms. The molecule has 24 heavy (non-hydrogen) atoms. The van der Waals surface area contributed by atoms with Gasteiger partial charge in [-0.15, -0.1) is 10.2 Å². The first-order valence-electron chi connectivity index (χ1n) is 8.23. The normalized spacial score (nSPS) is 12.1. The molecule has 0 aliphatic heterocycles. The summed E-state index contributed by atoms with van der Waals surface area (Å²) in [6, 6.07) is 8.76. The molecular weight excluding hydrogens is 316 g/mol. The number of benzene rings is 1. The zero-order valence-electron chi connectivity index (χ0n) is 14.5. The second-order valence-corrected chi connectivity index (χ2v) is 6.13. The summed E-state index contributed by atoms with van der Waals surface area (Å²) in [6.07, 6.45) is 10.3. The first kappa shape index (κ1) is 18.2. The molecule has 0 amide bonds. The number of nitrogens with zero attached hydrogens (tertiary/aromatic N) is 4. The van der Waals surface area contributed by atoms with Crippen LogP contribution in [0.25, 0.3) is 6.08 Å². The second kappa shape index (κ2) is 9.88. The molecule has 2 aromatic rings. The van der Waals surface area contributed by atoms with E-state index in [-0.39, 0.29) is 0 Å². The third-order valence-electron chi connectivity index (χ3n) is 3.54. The molecule has 0 saturated heterocycles. The first-order valence-corrected chi connectivity index (χ1v) is 9.21. The van der Waals surface area contributed by atoms with E-state index in [9.17, 15) is 0 Å². The van der Waals surface area contributed by atoms with Gasteiger partial charge in [0.15, 0.2) is 11.0 Å². The van der Waals surface area contributed by atoms with Gasteiger partial charge in [-0.3, -0.25) is 4.99 Å². The molecule has 0 aliphatic carbocycles. The van der Waals surface area contributed by atoms with Crippen molar-refractivity contribution in [1.29, 1.82) is 0 Å². The molecule has 0 bridgehead atoms. The maximum Gasteiger partial charge on any atom is 0.191 e. The minimum absolute atomic E-state index is 0.832. The van der Waals surface area contributed by atoms with Gasteiger partial charge in [0.1, 0.15) is 0 Å². The van der Waals surface area contributed by atoms with Crippen LogP contribution in [-0.2, 0) is 18.7 Å². The van der Waals surface area contributed by atoms with Gasteiger partial charge in [0.2, 0.25) is 0 Å². The van der Waals surface area contributed by atoms with Crippen molar-refractivity contribution in [1.82, 2.24) is 14.8 Å². The highest BCUT2D eigenvalue weighted by molar-refractivity contribution is 7.98. The van der Waals surface area contributed by atoms with Gasteiger partial charge in [0.05, 0.1) is 0 Å². The predicted molar refractivity (Wildman–Crippen MR) is 103 cm³/mol. The monoisotopic (exact) mass is 340 g/mol. The van der Waals surface area contributed by atoms with Crippen molar-refractivity contribution in [3.63, 3.8) is 0 Å². The largest absolute Gasteiger partial charge is 0.303 e. The molecule has 1 heterocycles. The number of aryl methyl sites for hydroxylation is 1. The van der Waals surface area contributed by atoms with Crippen LogP contribution in [0.4, 0.5) is 0 Å². The zero-order valence-corrected chi connectivity index (χ0v) is 15.3. The smallest absolute Gasteiger partial charge is 0.191 e. The molecular formula is C19H24N4S. The fourth-order valence-corrected chi connectivity index (χ4v) is 3.11. The van der Waals surface area contributed by atoms with Crippen LogP contribution in [0.5, 0.6) is 0 Å². The van der Waals surface area contributed by atoms with Crippen LogP contribution < -0.4 is 0 Å². The van der Waals surface area contributed by atoms with Crippen molar-refractivity contribution in [2.45, 2.75) is 44.6 Å². The molecule has 1 aromatic heterocycles. The average molecular weight is 340 g/mol. The summed E-state index contributed by atoms with van der Waals surface area (Å²) in [7, 11) is 0. The van der Waals surface area contributed by atoms with E-state index in [1.54, 1.807) is 24.2 Å². The van der Waals surface area contributed by atoms with Crippen LogP contribution in [-0.4, -0.2) is 21.0 Å². The quantitative estimate of drug-likeness (QED) is 0.513. The summed E-state index contributed by atoms with van der Waals surface area (Å²) in [5.41, 5.74) is 2.67. The Morgan fingerprint density at radius 2 is 1.88 bits per heavy atom. The van der Waals surface area contributed by atoms with Gasteiger partial charge in [-0.2, -0.15) is 0 Å². The molecule has 0 aliphatic rings. The highest BCUT2D eigenvalue weighted by Gasteiger charge is 2.09. The topological polar surface area (TPSA) is 43.1 Å². The number of allylic oxidation sites excluding steroid dienone is 2. The Kier molecular flexibility index (Phi) is 7.49. The summed E-state index contributed by atoms with van der Waals surface area (Å²) in [4.78, 5) is 4.17. The number of aliphatic imine (C=N–C) groups is 1. The third kappa shape index (κ3) is 5.20. The first-order chi connectivity index (χ1) is 11.8. The van der Waals surface area contributed by atoms with E-state index < -0.39 is 0 Å². The minimum Gasteiger partial charge on any atom is -0.303 e. The molecule has 126 valence electrons. The van der Waals surface area contributed by atoms with E-state index in [0.717, 1.165) is 29.7 Å². The van der Waals surface area contributed by atoms with Crippen LogP contribution >= 0.6 is 11.8 Å². The number of rotatable bonds is 8. The van der Waals surface area contributed by atoms with E-state index in [2.05, 4.69) is 57.9 Å². The van der Waals surface area contributed by atoms with Crippen molar-refractivity contribution in [2.24, 2.45) is 4.99 Å². The third-order valence-corrected chi connectivity index (χ3v) is 4.57. The average Bonchev–Trinajstić information content (AvgIpc) is 3.02. The van der Waals surface area contributed by atoms with Crippen LogP contribution in [0.3, 0.4) is 0 Å². The Morgan fingerprint density at radius 3 is 2.54 bits per heavy atom. The van der Waals surface area contributed by atoms with Crippen molar-refractivity contribution in [3.8, 4) is 0 Å². The van der Waals surface area contributed by atoms with Crippen molar-refractivity contribution < 1.29 is 0 Å². The highest BCUT2D eigenvalue weighted by Crippen LogP contribution is 2.22. The fraction of sp³-hybridized carbons (Fsp3) is 0.316. The number of thioether (sulfide) groups is 1. The summed E-state index contributed by atoms with van der Waals surface area (Å²) in [6.45, 7) is 7.07. The second-order valence-electron chi connectivity index (χ2n) is 5.18. The van der Waals surface area contributed by atoms with Crippen LogP contribution in [0, 0.1) is 0 Å². The molecule has 0 fully saturated rings. The lowest BCUT2D eigenvalue weighted by Gasteiger charge is -2.05. The van der Waals surface area contributed by atoms with Gasteiger partial charge in [0, 0.05) is 30.8 Å². The van der Waals surface area contributed by atoms with E-state index in [0.29, 0.717) is 0 Å². The summed E-state index contributed by atoms with van der Waals surface area (Å²) in [5, 5.41) is 9.51. The Morgan fingerprint density at radius 1 is 1.12 bits per heavy atom. The van der Waals surface area contributed by atoms with E-state index in [1.165, 1.54) is 11.1 Å².